The van der Waals surface area contributed by atoms with Crippen molar-refractivity contribution in [1.29, 1.82) is 0 Å². The molecule has 15 heavy (non-hydrogen) atoms. The Kier molecular flexibility index (Phi) is 3.03. The third kappa shape index (κ3) is 2.18. The molecule has 1 N–H and O–H groups in total. The van der Waals surface area contributed by atoms with Crippen molar-refractivity contribution in [3.8, 4) is 0 Å². The van der Waals surface area contributed by atoms with Crippen LogP contribution in [0.15, 0.2) is 4.99 Å². The highest BCUT2D eigenvalue weighted by atomic mass is 32.2. The molecule has 0 aromatic rings. The Morgan fingerprint density at radius 1 is 1.40 bits per heavy atom. The van der Waals surface area contributed by atoms with Crippen LogP contribution in [0.3, 0.4) is 0 Å². The van der Waals surface area contributed by atoms with Gasteiger partial charge in [0.25, 0.3) is 5.91 Å². The third-order valence-corrected chi connectivity index (χ3v) is 5.75. The van der Waals surface area contributed by atoms with Crippen molar-refractivity contribution >= 4 is 35.3 Å². The maximum absolute atomic E-state index is 11.6. The van der Waals surface area contributed by atoms with Gasteiger partial charge >= 0.3 is 0 Å². The first-order valence-electron chi connectivity index (χ1n) is 5.15. The summed E-state index contributed by atoms with van der Waals surface area (Å²) in [7, 11) is 0. The number of nitrogens with zero attached hydrogens (tertiary/aromatic N) is 1. The summed E-state index contributed by atoms with van der Waals surface area (Å²) < 4.78 is 0. The van der Waals surface area contributed by atoms with Crippen LogP contribution in [-0.4, -0.2) is 39.3 Å². The van der Waals surface area contributed by atoms with Gasteiger partial charge in [-0.3, -0.25) is 9.79 Å². The summed E-state index contributed by atoms with van der Waals surface area (Å²) in [6, 6.07) is 0. The zero-order chi connectivity index (χ0) is 11.1. The summed E-state index contributed by atoms with van der Waals surface area (Å²) in [5, 5.41) is 3.82. The van der Waals surface area contributed by atoms with Crippen molar-refractivity contribution < 1.29 is 4.79 Å². The zero-order valence-corrected chi connectivity index (χ0v) is 10.9. The largest absolute Gasteiger partial charge is 0.311 e. The van der Waals surface area contributed by atoms with E-state index >= 15 is 0 Å². The molecule has 0 bridgehead atoms. The Labute approximate surface area is 98.9 Å². The Hall–Kier alpha value is -0.160. The van der Waals surface area contributed by atoms with Crippen molar-refractivity contribution in [3.63, 3.8) is 0 Å². The summed E-state index contributed by atoms with van der Waals surface area (Å²) >= 11 is 3.87. The van der Waals surface area contributed by atoms with Gasteiger partial charge in [-0.2, -0.15) is 11.8 Å². The predicted molar refractivity (Wildman–Crippen MR) is 67.8 cm³/mol. The SMILES string of the molecule is CC1SCCSC1C1=NC(C)(C)C(=O)N1. The van der Waals surface area contributed by atoms with E-state index in [0.29, 0.717) is 10.5 Å². The van der Waals surface area contributed by atoms with Crippen LogP contribution in [0.1, 0.15) is 20.8 Å². The van der Waals surface area contributed by atoms with Gasteiger partial charge in [0.1, 0.15) is 11.4 Å². The summed E-state index contributed by atoms with van der Waals surface area (Å²) in [5.74, 6) is 3.26. The molecule has 1 fully saturated rings. The number of amides is 1. The summed E-state index contributed by atoms with van der Waals surface area (Å²) in [6.07, 6.45) is 0. The lowest BCUT2D eigenvalue weighted by Crippen LogP contribution is -2.41. The van der Waals surface area contributed by atoms with E-state index in [1.165, 1.54) is 5.75 Å². The topological polar surface area (TPSA) is 41.5 Å². The average Bonchev–Trinajstić information content (AvgIpc) is 2.42. The fourth-order valence-corrected chi connectivity index (χ4v) is 4.43. The first kappa shape index (κ1) is 11.3. The van der Waals surface area contributed by atoms with E-state index in [4.69, 9.17) is 0 Å². The van der Waals surface area contributed by atoms with Crippen LogP contribution >= 0.6 is 23.5 Å². The molecule has 2 rings (SSSR count). The van der Waals surface area contributed by atoms with Gasteiger partial charge in [-0.05, 0) is 13.8 Å². The first-order chi connectivity index (χ1) is 7.00. The second-order valence-corrected chi connectivity index (χ2v) is 7.11. The number of aliphatic imine (C=N–C) groups is 1. The fourth-order valence-electron chi connectivity index (χ4n) is 1.72. The van der Waals surface area contributed by atoms with E-state index in [1.807, 2.05) is 37.4 Å². The monoisotopic (exact) mass is 244 g/mol. The molecule has 1 saturated heterocycles. The molecule has 2 atom stereocenters. The molecule has 84 valence electrons. The van der Waals surface area contributed by atoms with Crippen LogP contribution in [0.4, 0.5) is 0 Å². The second kappa shape index (κ2) is 4.01. The Bertz CT molecular complexity index is 315. The van der Waals surface area contributed by atoms with Gasteiger partial charge in [-0.15, -0.1) is 11.8 Å². The quantitative estimate of drug-likeness (QED) is 0.760. The third-order valence-electron chi connectivity index (χ3n) is 2.65. The molecule has 0 aromatic heterocycles. The number of nitrogens with one attached hydrogen (secondary N) is 1. The molecular formula is C10H16N2OS2. The number of amidine groups is 1. The molecule has 3 nitrogen and oxygen atoms in total. The predicted octanol–water partition coefficient (Wildman–Crippen LogP) is 1.53. The molecule has 2 aliphatic heterocycles. The van der Waals surface area contributed by atoms with Crippen molar-refractivity contribution in [1.82, 2.24) is 5.32 Å². The highest BCUT2D eigenvalue weighted by Gasteiger charge is 2.39. The van der Waals surface area contributed by atoms with E-state index in [9.17, 15) is 4.79 Å². The number of carbonyl (C=O) groups is 1. The summed E-state index contributed by atoms with van der Waals surface area (Å²) in [5.41, 5.74) is -0.572. The number of thioether (sulfide) groups is 2. The Balaban J connectivity index is 2.15. The minimum absolute atomic E-state index is 0.0286. The minimum Gasteiger partial charge on any atom is -0.311 e. The van der Waals surface area contributed by atoms with E-state index in [2.05, 4.69) is 17.2 Å². The highest BCUT2D eigenvalue weighted by Crippen LogP contribution is 2.33. The molecule has 2 aliphatic rings. The maximum atomic E-state index is 11.6. The molecule has 0 aliphatic carbocycles. The smallest absolute Gasteiger partial charge is 0.252 e. The molecular weight excluding hydrogens is 228 g/mol. The molecule has 2 heterocycles. The number of rotatable bonds is 1. The van der Waals surface area contributed by atoms with Gasteiger partial charge in [-0.25, -0.2) is 0 Å². The van der Waals surface area contributed by atoms with Crippen LogP contribution < -0.4 is 5.32 Å². The number of hydrogen-bond donors (Lipinski definition) is 1. The molecule has 2 unspecified atom stereocenters. The number of carbonyl (C=O) groups excluding carboxylic acids is 1. The molecule has 0 aromatic carbocycles. The van der Waals surface area contributed by atoms with Gasteiger partial charge in [0.2, 0.25) is 0 Å². The van der Waals surface area contributed by atoms with Gasteiger partial charge in [0.05, 0.1) is 5.25 Å². The molecule has 1 amide bonds. The maximum Gasteiger partial charge on any atom is 0.252 e. The average molecular weight is 244 g/mol. The first-order valence-corrected chi connectivity index (χ1v) is 7.25. The van der Waals surface area contributed by atoms with Crippen LogP contribution in [-0.2, 0) is 4.79 Å². The van der Waals surface area contributed by atoms with Crippen LogP contribution in [0.25, 0.3) is 0 Å². The van der Waals surface area contributed by atoms with Crippen molar-refractivity contribution in [2.24, 2.45) is 4.99 Å². The second-order valence-electron chi connectivity index (χ2n) is 4.38. The van der Waals surface area contributed by atoms with Crippen molar-refractivity contribution in [2.45, 2.75) is 36.8 Å². The number of hydrogen-bond acceptors (Lipinski definition) is 4. The van der Waals surface area contributed by atoms with Crippen LogP contribution in [0, 0.1) is 0 Å². The zero-order valence-electron chi connectivity index (χ0n) is 9.24. The fraction of sp³-hybridized carbons (Fsp3) is 0.800. The van der Waals surface area contributed by atoms with Gasteiger partial charge < -0.3 is 5.32 Å². The molecule has 5 heteroatoms. The van der Waals surface area contributed by atoms with E-state index in [1.54, 1.807) is 0 Å². The van der Waals surface area contributed by atoms with Crippen LogP contribution in [0.5, 0.6) is 0 Å². The minimum atomic E-state index is -0.572. The normalized spacial score (nSPS) is 34.9. The van der Waals surface area contributed by atoms with Gasteiger partial charge in [-0.1, -0.05) is 6.92 Å². The van der Waals surface area contributed by atoms with Crippen molar-refractivity contribution in [3.05, 3.63) is 0 Å². The highest BCUT2D eigenvalue weighted by molar-refractivity contribution is 8.07. The molecule has 0 spiro atoms. The van der Waals surface area contributed by atoms with Gasteiger partial charge in [0, 0.05) is 16.8 Å². The standard InChI is InChI=1S/C10H16N2OS2/c1-6-7(15-5-4-14-6)8-11-9(13)10(2,3)12-8/h6-7H,4-5H2,1-3H3,(H,11,12,13). The lowest BCUT2D eigenvalue weighted by Gasteiger charge is -2.27. The van der Waals surface area contributed by atoms with Gasteiger partial charge in [0.15, 0.2) is 0 Å². The van der Waals surface area contributed by atoms with E-state index in [0.717, 1.165) is 11.6 Å². The lowest BCUT2D eigenvalue weighted by atomic mass is 10.1. The lowest BCUT2D eigenvalue weighted by molar-refractivity contribution is -0.122. The summed E-state index contributed by atoms with van der Waals surface area (Å²) in [6.45, 7) is 5.93. The van der Waals surface area contributed by atoms with Crippen LogP contribution in [0.2, 0.25) is 0 Å². The van der Waals surface area contributed by atoms with E-state index < -0.39 is 5.54 Å². The summed E-state index contributed by atoms with van der Waals surface area (Å²) in [4.78, 5) is 16.1. The van der Waals surface area contributed by atoms with E-state index in [-0.39, 0.29) is 5.91 Å². The molecule has 0 radical (unpaired) electrons. The Morgan fingerprint density at radius 3 is 2.60 bits per heavy atom. The Morgan fingerprint density at radius 2 is 2.07 bits per heavy atom. The van der Waals surface area contributed by atoms with Crippen molar-refractivity contribution in [2.75, 3.05) is 11.5 Å². The molecule has 0 saturated carbocycles.